The molecule has 1 spiro atoms. The monoisotopic (exact) mass is 272 g/mol. The maximum Gasteiger partial charge on any atom is 0.231 e. The van der Waals surface area contributed by atoms with Crippen LogP contribution in [0.15, 0.2) is 36.1 Å². The molecule has 1 aromatic rings. The lowest BCUT2D eigenvalue weighted by molar-refractivity contribution is -0.191. The second kappa shape index (κ2) is 4.56. The molecule has 3 aliphatic rings. The van der Waals surface area contributed by atoms with Crippen molar-refractivity contribution in [1.82, 2.24) is 0 Å². The molecule has 0 N–H and O–H groups in total. The highest BCUT2D eigenvalue weighted by Gasteiger charge is 2.36. The maximum atomic E-state index is 5.97. The van der Waals surface area contributed by atoms with Gasteiger partial charge in [0.1, 0.15) is 5.76 Å². The molecule has 1 unspecified atom stereocenters. The van der Waals surface area contributed by atoms with Gasteiger partial charge in [-0.3, -0.25) is 0 Å². The molecule has 0 amide bonds. The van der Waals surface area contributed by atoms with E-state index in [1.54, 1.807) is 0 Å². The third kappa shape index (κ3) is 2.06. The number of ether oxygens (including phenoxy) is 4. The van der Waals surface area contributed by atoms with Crippen LogP contribution in [-0.4, -0.2) is 19.2 Å². The van der Waals surface area contributed by atoms with Gasteiger partial charge in [0.25, 0.3) is 0 Å². The van der Waals surface area contributed by atoms with E-state index in [-0.39, 0.29) is 0 Å². The predicted molar refractivity (Wildman–Crippen MR) is 73.3 cm³/mol. The van der Waals surface area contributed by atoms with E-state index in [4.69, 9.17) is 18.9 Å². The van der Waals surface area contributed by atoms with Crippen LogP contribution in [0.3, 0.4) is 0 Å². The van der Waals surface area contributed by atoms with Gasteiger partial charge in [-0.05, 0) is 48.8 Å². The first-order valence-corrected chi connectivity index (χ1v) is 6.97. The van der Waals surface area contributed by atoms with Crippen LogP contribution in [0.4, 0.5) is 0 Å². The Labute approximate surface area is 117 Å². The molecule has 0 saturated carbocycles. The molecular formula is C16H16O4. The summed E-state index contributed by atoms with van der Waals surface area (Å²) in [6.07, 6.45) is 9.16. The highest BCUT2D eigenvalue weighted by atomic mass is 16.7. The first-order valence-electron chi connectivity index (χ1n) is 6.97. The molecule has 0 aliphatic carbocycles. The number of allylic oxidation sites excluding steroid dienone is 1. The van der Waals surface area contributed by atoms with Crippen molar-refractivity contribution >= 4 is 6.08 Å². The minimum Gasteiger partial charge on any atom is -0.459 e. The summed E-state index contributed by atoms with van der Waals surface area (Å²) in [4.78, 5) is 0. The summed E-state index contributed by atoms with van der Waals surface area (Å²) >= 11 is 0. The standard InChI is InChI=1S/C16H16O4/c1-2-8-19-16(6-1)7-5-13(20-16)9-12-3-4-14-15(10-12)18-11-17-14/h3-5,7,9-10H,1-2,6,8,11H2/b13-9-. The summed E-state index contributed by atoms with van der Waals surface area (Å²) in [7, 11) is 0. The fourth-order valence-electron chi connectivity index (χ4n) is 2.72. The minimum atomic E-state index is -0.527. The fourth-order valence-corrected chi connectivity index (χ4v) is 2.72. The van der Waals surface area contributed by atoms with Crippen LogP contribution in [0, 0.1) is 0 Å². The highest BCUT2D eigenvalue weighted by molar-refractivity contribution is 5.60. The molecule has 1 fully saturated rings. The second-order valence-electron chi connectivity index (χ2n) is 5.21. The average molecular weight is 272 g/mol. The van der Waals surface area contributed by atoms with Crippen LogP contribution in [0.25, 0.3) is 6.08 Å². The van der Waals surface area contributed by atoms with Gasteiger partial charge >= 0.3 is 0 Å². The Morgan fingerprint density at radius 1 is 1.10 bits per heavy atom. The third-order valence-corrected chi connectivity index (χ3v) is 3.76. The zero-order valence-electron chi connectivity index (χ0n) is 11.1. The Kier molecular flexibility index (Phi) is 2.70. The van der Waals surface area contributed by atoms with Crippen LogP contribution in [0.5, 0.6) is 11.5 Å². The van der Waals surface area contributed by atoms with Gasteiger partial charge in [-0.25, -0.2) is 0 Å². The lowest BCUT2D eigenvalue weighted by Crippen LogP contribution is -2.34. The van der Waals surface area contributed by atoms with Crippen LogP contribution in [0.1, 0.15) is 24.8 Å². The highest BCUT2D eigenvalue weighted by Crippen LogP contribution is 2.37. The molecule has 3 heterocycles. The number of benzene rings is 1. The quantitative estimate of drug-likeness (QED) is 0.786. The normalized spacial score (nSPS) is 29.1. The van der Waals surface area contributed by atoms with Crippen LogP contribution >= 0.6 is 0 Å². The second-order valence-corrected chi connectivity index (χ2v) is 5.21. The SMILES string of the molecule is C1=CC2(CCCCO2)O/C1=C\c1ccc2c(c1)OCO2. The van der Waals surface area contributed by atoms with Gasteiger partial charge in [-0.2, -0.15) is 0 Å². The molecule has 0 aromatic heterocycles. The molecule has 4 rings (SSSR count). The van der Waals surface area contributed by atoms with E-state index in [1.807, 2.05) is 36.4 Å². The summed E-state index contributed by atoms with van der Waals surface area (Å²) < 4.78 is 22.4. The molecular weight excluding hydrogens is 256 g/mol. The molecule has 3 aliphatic heterocycles. The average Bonchev–Trinajstić information content (AvgIpc) is 3.07. The van der Waals surface area contributed by atoms with Crippen molar-refractivity contribution in [3.05, 3.63) is 41.7 Å². The zero-order chi connectivity index (χ0) is 13.4. The van der Waals surface area contributed by atoms with E-state index < -0.39 is 5.79 Å². The number of rotatable bonds is 1. The molecule has 1 saturated heterocycles. The largest absolute Gasteiger partial charge is 0.459 e. The molecule has 4 heteroatoms. The lowest BCUT2D eigenvalue weighted by atomic mass is 10.1. The van der Waals surface area contributed by atoms with Gasteiger partial charge in [-0.15, -0.1) is 0 Å². The van der Waals surface area contributed by atoms with E-state index >= 15 is 0 Å². The maximum absolute atomic E-state index is 5.97. The minimum absolute atomic E-state index is 0.294. The topological polar surface area (TPSA) is 36.9 Å². The van der Waals surface area contributed by atoms with Gasteiger partial charge in [0.15, 0.2) is 11.5 Å². The molecule has 0 bridgehead atoms. The Hall–Kier alpha value is -1.94. The molecule has 4 nitrogen and oxygen atoms in total. The Bertz CT molecular complexity index is 582. The van der Waals surface area contributed by atoms with Crippen molar-refractivity contribution in [1.29, 1.82) is 0 Å². The summed E-state index contributed by atoms with van der Waals surface area (Å²) in [6, 6.07) is 5.87. The summed E-state index contributed by atoms with van der Waals surface area (Å²) in [5.74, 6) is 1.87. The molecule has 0 radical (unpaired) electrons. The smallest absolute Gasteiger partial charge is 0.231 e. The van der Waals surface area contributed by atoms with Crippen LogP contribution in [0.2, 0.25) is 0 Å². The lowest BCUT2D eigenvalue weighted by Gasteiger charge is -2.31. The van der Waals surface area contributed by atoms with Gasteiger partial charge in [0.05, 0.1) is 6.61 Å². The van der Waals surface area contributed by atoms with Gasteiger partial charge in [0, 0.05) is 6.42 Å². The number of hydrogen-bond donors (Lipinski definition) is 0. The fraction of sp³-hybridized carbons (Fsp3) is 0.375. The molecule has 20 heavy (non-hydrogen) atoms. The number of hydrogen-bond acceptors (Lipinski definition) is 4. The Balaban J connectivity index is 1.55. The van der Waals surface area contributed by atoms with Crippen LogP contribution < -0.4 is 9.47 Å². The van der Waals surface area contributed by atoms with Crippen molar-refractivity contribution in [2.45, 2.75) is 25.0 Å². The summed E-state index contributed by atoms with van der Waals surface area (Å²) in [5, 5.41) is 0. The molecule has 1 aromatic carbocycles. The van der Waals surface area contributed by atoms with E-state index in [1.165, 1.54) is 0 Å². The first-order chi connectivity index (χ1) is 9.83. The summed E-state index contributed by atoms with van der Waals surface area (Å²) in [6.45, 7) is 1.06. The predicted octanol–water partition coefficient (Wildman–Crippen LogP) is 3.24. The number of fused-ring (bicyclic) bond motifs is 1. The molecule has 104 valence electrons. The van der Waals surface area contributed by atoms with Crippen LogP contribution in [-0.2, 0) is 9.47 Å². The summed E-state index contributed by atoms with van der Waals surface area (Å²) in [5.41, 5.74) is 1.03. The van der Waals surface area contributed by atoms with E-state index in [2.05, 4.69) is 0 Å². The van der Waals surface area contributed by atoms with Crippen molar-refractivity contribution < 1.29 is 18.9 Å². The molecule has 1 atom stereocenters. The zero-order valence-corrected chi connectivity index (χ0v) is 11.1. The first kappa shape index (κ1) is 11.9. The third-order valence-electron chi connectivity index (χ3n) is 3.76. The van der Waals surface area contributed by atoms with Gasteiger partial charge in [-0.1, -0.05) is 6.07 Å². The van der Waals surface area contributed by atoms with E-state index in [0.29, 0.717) is 6.79 Å². The van der Waals surface area contributed by atoms with Gasteiger partial charge in [0.2, 0.25) is 12.6 Å². The van der Waals surface area contributed by atoms with Crippen molar-refractivity contribution in [2.75, 3.05) is 13.4 Å². The van der Waals surface area contributed by atoms with Gasteiger partial charge < -0.3 is 18.9 Å². The van der Waals surface area contributed by atoms with Crippen molar-refractivity contribution in [2.24, 2.45) is 0 Å². The van der Waals surface area contributed by atoms with E-state index in [0.717, 1.165) is 48.7 Å². The Morgan fingerprint density at radius 2 is 2.05 bits per heavy atom. The van der Waals surface area contributed by atoms with Crippen molar-refractivity contribution in [3.8, 4) is 11.5 Å². The van der Waals surface area contributed by atoms with Crippen molar-refractivity contribution in [3.63, 3.8) is 0 Å². The van der Waals surface area contributed by atoms with E-state index in [9.17, 15) is 0 Å². The Morgan fingerprint density at radius 3 is 2.95 bits per heavy atom.